The molecule has 2 aromatic carbocycles. The number of carbonyl (C=O) groups is 1. The maximum atomic E-state index is 12.7. The van der Waals surface area contributed by atoms with Crippen molar-refractivity contribution in [3.05, 3.63) is 60.2 Å². The van der Waals surface area contributed by atoms with Gasteiger partial charge in [0, 0.05) is 6.07 Å². The summed E-state index contributed by atoms with van der Waals surface area (Å²) in [5.74, 6) is 0.533. The predicted molar refractivity (Wildman–Crippen MR) is 112 cm³/mol. The highest BCUT2D eigenvalue weighted by atomic mass is 32.2. The second kappa shape index (κ2) is 9.59. The van der Waals surface area contributed by atoms with Gasteiger partial charge in [-0.15, -0.1) is 0 Å². The van der Waals surface area contributed by atoms with Gasteiger partial charge in [-0.05, 0) is 30.0 Å². The maximum absolute atomic E-state index is 12.7. The molecule has 0 aliphatic rings. The van der Waals surface area contributed by atoms with Crippen molar-refractivity contribution in [2.24, 2.45) is 5.92 Å². The molecule has 1 N–H and O–H groups in total. The lowest BCUT2D eigenvalue weighted by Gasteiger charge is -2.25. The number of anilines is 1. The first-order valence-electron chi connectivity index (χ1n) is 9.16. The van der Waals surface area contributed by atoms with Crippen molar-refractivity contribution in [1.29, 1.82) is 0 Å². The number of nitrogens with zero attached hydrogens (tertiary/aromatic N) is 1. The normalized spacial score (nSPS) is 12.5. The number of rotatable bonds is 9. The van der Waals surface area contributed by atoms with Crippen molar-refractivity contribution in [2.75, 3.05) is 24.2 Å². The lowest BCUT2D eigenvalue weighted by atomic mass is 9.97. The Balaban J connectivity index is 2.22. The van der Waals surface area contributed by atoms with E-state index in [2.05, 4.69) is 19.2 Å². The SMILES string of the molecule is COc1cccc(N(CC(=O)NC(CC(C)C)c2ccccc2)S(C)(=O)=O)c1. The number of nitrogens with one attached hydrogen (secondary N) is 1. The molecule has 0 radical (unpaired) electrons. The standard InChI is InChI=1S/C21H28N2O4S/c1-16(2)13-20(17-9-6-5-7-10-17)22-21(24)15-23(28(4,25)26)18-11-8-12-19(14-18)27-3/h5-12,14,16,20H,13,15H2,1-4H3,(H,22,24). The molecule has 0 saturated carbocycles. The third-order valence-electron chi connectivity index (χ3n) is 4.27. The summed E-state index contributed by atoms with van der Waals surface area (Å²) in [6.07, 6.45) is 1.84. The van der Waals surface area contributed by atoms with Crippen molar-refractivity contribution in [2.45, 2.75) is 26.3 Å². The van der Waals surface area contributed by atoms with Crippen LogP contribution >= 0.6 is 0 Å². The summed E-state index contributed by atoms with van der Waals surface area (Å²) in [6.45, 7) is 3.87. The van der Waals surface area contributed by atoms with Gasteiger partial charge in [-0.2, -0.15) is 0 Å². The minimum Gasteiger partial charge on any atom is -0.497 e. The third-order valence-corrected chi connectivity index (χ3v) is 5.41. The summed E-state index contributed by atoms with van der Waals surface area (Å²) >= 11 is 0. The van der Waals surface area contributed by atoms with Gasteiger partial charge in [0.2, 0.25) is 15.9 Å². The van der Waals surface area contributed by atoms with Gasteiger partial charge in [-0.25, -0.2) is 8.42 Å². The van der Waals surface area contributed by atoms with Crippen LogP contribution in [0.3, 0.4) is 0 Å². The average molecular weight is 405 g/mol. The van der Waals surface area contributed by atoms with E-state index in [0.29, 0.717) is 17.4 Å². The molecule has 7 heteroatoms. The summed E-state index contributed by atoms with van der Waals surface area (Å²) in [5.41, 5.74) is 1.38. The molecule has 0 spiro atoms. The molecule has 28 heavy (non-hydrogen) atoms. The van der Waals surface area contributed by atoms with E-state index in [1.54, 1.807) is 24.3 Å². The van der Waals surface area contributed by atoms with Crippen LogP contribution in [-0.2, 0) is 14.8 Å². The van der Waals surface area contributed by atoms with Gasteiger partial charge in [-0.3, -0.25) is 9.10 Å². The van der Waals surface area contributed by atoms with Crippen molar-refractivity contribution >= 4 is 21.6 Å². The number of carbonyl (C=O) groups excluding carboxylic acids is 1. The summed E-state index contributed by atoms with van der Waals surface area (Å²) in [6, 6.07) is 16.2. The molecule has 152 valence electrons. The minimum absolute atomic E-state index is 0.180. The number of sulfonamides is 1. The fourth-order valence-electron chi connectivity index (χ4n) is 2.97. The molecule has 0 heterocycles. The lowest BCUT2D eigenvalue weighted by Crippen LogP contribution is -2.41. The number of hydrogen-bond acceptors (Lipinski definition) is 4. The molecule has 0 bridgehead atoms. The van der Waals surface area contributed by atoms with Crippen LogP contribution in [-0.4, -0.2) is 34.2 Å². The lowest BCUT2D eigenvalue weighted by molar-refractivity contribution is -0.120. The number of benzene rings is 2. The van der Waals surface area contributed by atoms with Gasteiger partial charge in [0.15, 0.2) is 0 Å². The quantitative estimate of drug-likeness (QED) is 0.695. The van der Waals surface area contributed by atoms with Crippen LogP contribution in [0.2, 0.25) is 0 Å². The Morgan fingerprint density at radius 1 is 1.11 bits per heavy atom. The molecular formula is C21H28N2O4S. The van der Waals surface area contributed by atoms with E-state index in [1.165, 1.54) is 7.11 Å². The predicted octanol–water partition coefficient (Wildman–Crippen LogP) is 3.36. The van der Waals surface area contributed by atoms with E-state index in [1.807, 2.05) is 30.3 Å². The molecule has 2 aromatic rings. The van der Waals surface area contributed by atoms with Gasteiger partial charge in [0.25, 0.3) is 0 Å². The number of methoxy groups -OCH3 is 1. The van der Waals surface area contributed by atoms with E-state index in [9.17, 15) is 13.2 Å². The topological polar surface area (TPSA) is 75.7 Å². The van der Waals surface area contributed by atoms with Gasteiger partial charge in [0.1, 0.15) is 12.3 Å². The van der Waals surface area contributed by atoms with Gasteiger partial charge < -0.3 is 10.1 Å². The zero-order valence-electron chi connectivity index (χ0n) is 16.8. The molecule has 0 saturated heterocycles. The van der Waals surface area contributed by atoms with Gasteiger partial charge >= 0.3 is 0 Å². The number of hydrogen-bond donors (Lipinski definition) is 1. The molecule has 0 aromatic heterocycles. The van der Waals surface area contributed by atoms with Gasteiger partial charge in [-0.1, -0.05) is 50.2 Å². The first-order chi connectivity index (χ1) is 13.2. The van der Waals surface area contributed by atoms with E-state index < -0.39 is 10.0 Å². The highest BCUT2D eigenvalue weighted by Crippen LogP contribution is 2.24. The van der Waals surface area contributed by atoms with E-state index in [0.717, 1.165) is 22.5 Å². The highest BCUT2D eigenvalue weighted by Gasteiger charge is 2.23. The van der Waals surface area contributed by atoms with Crippen LogP contribution in [0.4, 0.5) is 5.69 Å². The first kappa shape index (κ1) is 21.8. The Morgan fingerprint density at radius 2 is 1.79 bits per heavy atom. The zero-order chi connectivity index (χ0) is 20.7. The Kier molecular flexibility index (Phi) is 7.45. The van der Waals surface area contributed by atoms with Crippen molar-refractivity contribution in [1.82, 2.24) is 5.32 Å². The summed E-state index contributed by atoms with van der Waals surface area (Å²) in [5, 5.41) is 2.99. The molecule has 1 amide bonds. The number of amides is 1. The van der Waals surface area contributed by atoms with E-state index >= 15 is 0 Å². The smallest absolute Gasteiger partial charge is 0.241 e. The molecule has 1 unspecified atom stereocenters. The molecular weight excluding hydrogens is 376 g/mol. The van der Waals surface area contributed by atoms with E-state index in [-0.39, 0.29) is 18.5 Å². The molecule has 0 fully saturated rings. The van der Waals surface area contributed by atoms with Crippen LogP contribution in [0.25, 0.3) is 0 Å². The Labute approximate surface area is 167 Å². The summed E-state index contributed by atoms with van der Waals surface area (Å²) in [4.78, 5) is 12.7. The summed E-state index contributed by atoms with van der Waals surface area (Å²) < 4.78 is 30.9. The van der Waals surface area contributed by atoms with E-state index in [4.69, 9.17) is 4.74 Å². The average Bonchev–Trinajstić information content (AvgIpc) is 2.65. The molecule has 0 aliphatic carbocycles. The van der Waals surface area contributed by atoms with Crippen LogP contribution in [0.15, 0.2) is 54.6 Å². The van der Waals surface area contributed by atoms with Crippen molar-refractivity contribution < 1.29 is 17.9 Å². The van der Waals surface area contributed by atoms with Crippen LogP contribution in [0.1, 0.15) is 31.9 Å². The fourth-order valence-corrected chi connectivity index (χ4v) is 3.82. The van der Waals surface area contributed by atoms with Gasteiger partial charge in [0.05, 0.1) is 25.1 Å². The first-order valence-corrected chi connectivity index (χ1v) is 11.0. The largest absolute Gasteiger partial charge is 0.497 e. The third kappa shape index (κ3) is 6.27. The fraction of sp³-hybridized carbons (Fsp3) is 0.381. The molecule has 2 rings (SSSR count). The second-order valence-corrected chi connectivity index (χ2v) is 9.04. The molecule has 6 nitrogen and oxygen atoms in total. The monoisotopic (exact) mass is 404 g/mol. The minimum atomic E-state index is -3.64. The van der Waals surface area contributed by atoms with Crippen molar-refractivity contribution in [3.8, 4) is 5.75 Å². The summed E-state index contributed by atoms with van der Waals surface area (Å²) in [7, 11) is -2.14. The van der Waals surface area contributed by atoms with Crippen LogP contribution < -0.4 is 14.4 Å². The Bertz CT molecular complexity index is 882. The van der Waals surface area contributed by atoms with Crippen LogP contribution in [0.5, 0.6) is 5.75 Å². The highest BCUT2D eigenvalue weighted by molar-refractivity contribution is 7.92. The maximum Gasteiger partial charge on any atom is 0.241 e. The second-order valence-electron chi connectivity index (χ2n) is 7.13. The Hall–Kier alpha value is -2.54. The van der Waals surface area contributed by atoms with Crippen LogP contribution in [0, 0.1) is 5.92 Å². The number of ether oxygens (including phenoxy) is 1. The Morgan fingerprint density at radius 3 is 2.36 bits per heavy atom. The molecule has 1 atom stereocenters. The van der Waals surface area contributed by atoms with Crippen molar-refractivity contribution in [3.63, 3.8) is 0 Å². The zero-order valence-corrected chi connectivity index (χ0v) is 17.6. The molecule has 0 aliphatic heterocycles.